The zero-order chi connectivity index (χ0) is 8.32. The maximum atomic E-state index is 5.58. The van der Waals surface area contributed by atoms with Gasteiger partial charge in [-0.15, -0.1) is 0 Å². The standard InChI is InChI=1S/C8H17NO2/c1-8(2,6-9)7-10-4-3-5-11-7/h7H,3-6,9H2,1-2H3. The summed E-state index contributed by atoms with van der Waals surface area (Å²) in [7, 11) is 0. The van der Waals surface area contributed by atoms with Crippen LogP contribution in [0.1, 0.15) is 20.3 Å². The Balaban J connectivity index is 2.43. The summed E-state index contributed by atoms with van der Waals surface area (Å²) in [5, 5.41) is 0. The van der Waals surface area contributed by atoms with E-state index in [-0.39, 0.29) is 11.7 Å². The average molecular weight is 159 g/mol. The Hall–Kier alpha value is -0.120. The fourth-order valence-electron chi connectivity index (χ4n) is 1.04. The molecule has 1 saturated heterocycles. The van der Waals surface area contributed by atoms with E-state index in [1.54, 1.807) is 0 Å². The van der Waals surface area contributed by atoms with Gasteiger partial charge >= 0.3 is 0 Å². The predicted molar refractivity (Wildman–Crippen MR) is 43.1 cm³/mol. The van der Waals surface area contributed by atoms with Crippen molar-refractivity contribution in [3.63, 3.8) is 0 Å². The summed E-state index contributed by atoms with van der Waals surface area (Å²) >= 11 is 0. The monoisotopic (exact) mass is 159 g/mol. The zero-order valence-corrected chi connectivity index (χ0v) is 7.30. The summed E-state index contributed by atoms with van der Waals surface area (Å²) in [5.74, 6) is 0. The summed E-state index contributed by atoms with van der Waals surface area (Å²) in [4.78, 5) is 0. The molecule has 0 amide bonds. The van der Waals surface area contributed by atoms with E-state index in [0.717, 1.165) is 19.6 Å². The van der Waals surface area contributed by atoms with Crippen LogP contribution in [0.25, 0.3) is 0 Å². The molecule has 0 aromatic rings. The van der Waals surface area contributed by atoms with E-state index < -0.39 is 0 Å². The highest BCUT2D eigenvalue weighted by Crippen LogP contribution is 2.25. The van der Waals surface area contributed by atoms with Crippen molar-refractivity contribution in [2.75, 3.05) is 19.8 Å². The lowest BCUT2D eigenvalue weighted by molar-refractivity contribution is -0.226. The molecule has 3 heteroatoms. The molecule has 1 rings (SSSR count). The lowest BCUT2D eigenvalue weighted by Crippen LogP contribution is -2.42. The fourth-order valence-corrected chi connectivity index (χ4v) is 1.04. The van der Waals surface area contributed by atoms with Gasteiger partial charge in [0.2, 0.25) is 0 Å². The third kappa shape index (κ3) is 2.15. The molecule has 0 radical (unpaired) electrons. The van der Waals surface area contributed by atoms with E-state index in [2.05, 4.69) is 13.8 Å². The third-order valence-corrected chi connectivity index (χ3v) is 1.99. The molecule has 1 heterocycles. The molecular formula is C8H17NO2. The molecule has 0 atom stereocenters. The molecule has 0 aromatic heterocycles. The van der Waals surface area contributed by atoms with Crippen LogP contribution in [0, 0.1) is 5.41 Å². The van der Waals surface area contributed by atoms with Gasteiger partial charge in [-0.05, 0) is 6.42 Å². The minimum atomic E-state index is -0.110. The van der Waals surface area contributed by atoms with Crippen molar-refractivity contribution in [1.29, 1.82) is 0 Å². The van der Waals surface area contributed by atoms with Gasteiger partial charge in [-0.25, -0.2) is 0 Å². The van der Waals surface area contributed by atoms with Crippen LogP contribution in [-0.4, -0.2) is 26.0 Å². The number of ether oxygens (including phenoxy) is 2. The lowest BCUT2D eigenvalue weighted by Gasteiger charge is -2.35. The van der Waals surface area contributed by atoms with Gasteiger partial charge in [-0.1, -0.05) is 13.8 Å². The maximum Gasteiger partial charge on any atom is 0.163 e. The first-order chi connectivity index (χ1) is 5.17. The molecular weight excluding hydrogens is 142 g/mol. The smallest absolute Gasteiger partial charge is 0.163 e. The maximum absolute atomic E-state index is 5.58. The van der Waals surface area contributed by atoms with Crippen LogP contribution in [0.4, 0.5) is 0 Å². The van der Waals surface area contributed by atoms with E-state index in [0.29, 0.717) is 6.54 Å². The summed E-state index contributed by atoms with van der Waals surface area (Å²) < 4.78 is 10.9. The molecule has 0 aliphatic carbocycles. The van der Waals surface area contributed by atoms with Gasteiger partial charge in [-0.2, -0.15) is 0 Å². The van der Waals surface area contributed by atoms with E-state index >= 15 is 0 Å². The van der Waals surface area contributed by atoms with Gasteiger partial charge in [0.05, 0.1) is 13.2 Å². The molecule has 1 fully saturated rings. The highest BCUT2D eigenvalue weighted by Gasteiger charge is 2.31. The Labute approximate surface area is 67.9 Å². The fraction of sp³-hybridized carbons (Fsp3) is 1.00. The van der Waals surface area contributed by atoms with Gasteiger partial charge in [0.15, 0.2) is 6.29 Å². The molecule has 3 nitrogen and oxygen atoms in total. The molecule has 0 bridgehead atoms. The van der Waals surface area contributed by atoms with Crippen LogP contribution in [0.2, 0.25) is 0 Å². The second kappa shape index (κ2) is 3.52. The first-order valence-electron chi connectivity index (χ1n) is 4.10. The van der Waals surface area contributed by atoms with Crippen molar-refractivity contribution in [2.45, 2.75) is 26.6 Å². The molecule has 1 aliphatic heterocycles. The number of nitrogens with two attached hydrogens (primary N) is 1. The minimum absolute atomic E-state index is 0.0551. The van der Waals surface area contributed by atoms with Crippen molar-refractivity contribution in [3.05, 3.63) is 0 Å². The first kappa shape index (κ1) is 8.97. The quantitative estimate of drug-likeness (QED) is 0.646. The van der Waals surface area contributed by atoms with Crippen LogP contribution in [-0.2, 0) is 9.47 Å². The highest BCUT2D eigenvalue weighted by molar-refractivity contribution is 4.75. The third-order valence-electron chi connectivity index (χ3n) is 1.99. The number of hydrogen-bond acceptors (Lipinski definition) is 3. The van der Waals surface area contributed by atoms with E-state index in [1.165, 1.54) is 0 Å². The number of rotatable bonds is 2. The first-order valence-corrected chi connectivity index (χ1v) is 4.10. The van der Waals surface area contributed by atoms with Gasteiger partial charge in [0.25, 0.3) is 0 Å². The molecule has 2 N–H and O–H groups in total. The van der Waals surface area contributed by atoms with Crippen LogP contribution in [0.3, 0.4) is 0 Å². The summed E-state index contributed by atoms with van der Waals surface area (Å²) in [6, 6.07) is 0. The molecule has 0 aromatic carbocycles. The Morgan fingerprint density at radius 1 is 1.36 bits per heavy atom. The van der Waals surface area contributed by atoms with E-state index in [1.807, 2.05) is 0 Å². The topological polar surface area (TPSA) is 44.5 Å². The summed E-state index contributed by atoms with van der Waals surface area (Å²) in [6.07, 6.45) is 0.887. The largest absolute Gasteiger partial charge is 0.352 e. The second-order valence-corrected chi connectivity index (χ2v) is 3.62. The number of hydrogen-bond donors (Lipinski definition) is 1. The zero-order valence-electron chi connectivity index (χ0n) is 7.30. The molecule has 66 valence electrons. The molecule has 0 spiro atoms. The van der Waals surface area contributed by atoms with Gasteiger partial charge < -0.3 is 15.2 Å². The minimum Gasteiger partial charge on any atom is -0.352 e. The van der Waals surface area contributed by atoms with E-state index in [9.17, 15) is 0 Å². The van der Waals surface area contributed by atoms with Crippen LogP contribution >= 0.6 is 0 Å². The Morgan fingerprint density at radius 3 is 2.36 bits per heavy atom. The Kier molecular flexibility index (Phi) is 2.87. The molecule has 11 heavy (non-hydrogen) atoms. The van der Waals surface area contributed by atoms with Crippen molar-refractivity contribution in [3.8, 4) is 0 Å². The summed E-state index contributed by atoms with van der Waals surface area (Å²) in [5.41, 5.74) is 5.52. The lowest BCUT2D eigenvalue weighted by atomic mass is 9.92. The van der Waals surface area contributed by atoms with Crippen LogP contribution in [0.5, 0.6) is 0 Å². The van der Waals surface area contributed by atoms with Crippen molar-refractivity contribution < 1.29 is 9.47 Å². The Morgan fingerprint density at radius 2 is 1.91 bits per heavy atom. The Bertz CT molecular complexity index is 119. The second-order valence-electron chi connectivity index (χ2n) is 3.62. The predicted octanol–water partition coefficient (Wildman–Crippen LogP) is 0.734. The molecule has 0 unspecified atom stereocenters. The van der Waals surface area contributed by atoms with Gasteiger partial charge in [0.1, 0.15) is 0 Å². The van der Waals surface area contributed by atoms with Crippen LogP contribution in [0.15, 0.2) is 0 Å². The van der Waals surface area contributed by atoms with Crippen molar-refractivity contribution in [1.82, 2.24) is 0 Å². The summed E-state index contributed by atoms with van der Waals surface area (Å²) in [6.45, 7) is 6.31. The van der Waals surface area contributed by atoms with Crippen molar-refractivity contribution >= 4 is 0 Å². The van der Waals surface area contributed by atoms with Crippen molar-refractivity contribution in [2.24, 2.45) is 11.1 Å². The van der Waals surface area contributed by atoms with Crippen LogP contribution < -0.4 is 5.73 Å². The molecule has 0 saturated carbocycles. The average Bonchev–Trinajstić information content (AvgIpc) is 2.06. The SMILES string of the molecule is CC(C)(CN)C1OCCCO1. The van der Waals surface area contributed by atoms with Gasteiger partial charge in [0, 0.05) is 12.0 Å². The highest BCUT2D eigenvalue weighted by atomic mass is 16.7. The molecule has 1 aliphatic rings. The van der Waals surface area contributed by atoms with Gasteiger partial charge in [-0.3, -0.25) is 0 Å². The van der Waals surface area contributed by atoms with E-state index in [4.69, 9.17) is 15.2 Å². The normalized spacial score (nSPS) is 22.1.